The van der Waals surface area contributed by atoms with Gasteiger partial charge in [-0.15, -0.1) is 0 Å². The monoisotopic (exact) mass is 240 g/mol. The summed E-state index contributed by atoms with van der Waals surface area (Å²) in [7, 11) is 0. The molecule has 0 spiro atoms. The molecule has 92 valence electrons. The molecule has 0 unspecified atom stereocenters. The van der Waals surface area contributed by atoms with Crippen molar-refractivity contribution in [2.24, 2.45) is 0 Å². The third kappa shape index (κ3) is 1.72. The quantitative estimate of drug-likeness (QED) is 0.862. The van der Waals surface area contributed by atoms with Gasteiger partial charge < -0.3 is 5.11 Å². The van der Waals surface area contributed by atoms with Gasteiger partial charge in [0.2, 0.25) is 0 Å². The molecule has 1 aliphatic rings. The Balaban J connectivity index is 2.66. The molecule has 0 radical (unpaired) electrons. The largest absolute Gasteiger partial charge is 0.481 e. The highest BCUT2D eigenvalue weighted by Crippen LogP contribution is 2.43. The highest BCUT2D eigenvalue weighted by molar-refractivity contribution is 5.82. The number of carboxylic acids is 1. The number of benzene rings is 1. The van der Waals surface area contributed by atoms with Crippen LogP contribution in [-0.2, 0) is 10.2 Å². The van der Waals surface area contributed by atoms with Gasteiger partial charge in [0.15, 0.2) is 0 Å². The van der Waals surface area contributed by atoms with Gasteiger partial charge in [0, 0.05) is 5.56 Å². The van der Waals surface area contributed by atoms with Gasteiger partial charge in [-0.2, -0.15) is 0 Å². The van der Waals surface area contributed by atoms with Gasteiger partial charge in [-0.3, -0.25) is 4.79 Å². The molecule has 1 aliphatic carbocycles. The van der Waals surface area contributed by atoms with Crippen LogP contribution in [-0.4, -0.2) is 11.1 Å². The number of hydrogen-bond donors (Lipinski definition) is 1. The molecular weight excluding hydrogens is 226 g/mol. The highest BCUT2D eigenvalue weighted by Gasteiger charge is 2.46. The van der Waals surface area contributed by atoms with Gasteiger partial charge >= 0.3 is 5.97 Å². The zero-order valence-corrected chi connectivity index (χ0v) is 9.59. The number of aliphatic carboxylic acids is 1. The Morgan fingerprint density at radius 3 is 2.41 bits per heavy atom. The number of aryl methyl sites for hydroxylation is 1. The minimum absolute atomic E-state index is 0.262. The summed E-state index contributed by atoms with van der Waals surface area (Å²) in [6.45, 7) is 1.52. The molecule has 4 heteroatoms. The van der Waals surface area contributed by atoms with Gasteiger partial charge in [0.1, 0.15) is 11.6 Å². The lowest BCUT2D eigenvalue weighted by Gasteiger charge is -2.25. The predicted molar refractivity (Wildman–Crippen MR) is 58.9 cm³/mol. The Kier molecular flexibility index (Phi) is 2.89. The van der Waals surface area contributed by atoms with Crippen molar-refractivity contribution in [3.05, 3.63) is 34.9 Å². The van der Waals surface area contributed by atoms with Crippen LogP contribution in [0.2, 0.25) is 0 Å². The average Bonchev–Trinajstić information content (AvgIpc) is 2.74. The van der Waals surface area contributed by atoms with E-state index in [1.807, 2.05) is 0 Å². The van der Waals surface area contributed by atoms with Crippen molar-refractivity contribution in [2.45, 2.75) is 38.0 Å². The van der Waals surface area contributed by atoms with Crippen molar-refractivity contribution in [3.63, 3.8) is 0 Å². The first-order chi connectivity index (χ1) is 7.99. The van der Waals surface area contributed by atoms with E-state index in [0.717, 1.165) is 6.07 Å². The molecule has 1 saturated carbocycles. The minimum atomic E-state index is -1.37. The van der Waals surface area contributed by atoms with Gasteiger partial charge in [0.05, 0.1) is 5.41 Å². The number of rotatable bonds is 2. The first-order valence-corrected chi connectivity index (χ1v) is 5.67. The van der Waals surface area contributed by atoms with Gasteiger partial charge in [-0.05, 0) is 31.4 Å². The first-order valence-electron chi connectivity index (χ1n) is 5.67. The molecule has 2 nitrogen and oxygen atoms in total. The van der Waals surface area contributed by atoms with E-state index in [4.69, 9.17) is 0 Å². The molecule has 0 aromatic heterocycles. The van der Waals surface area contributed by atoms with Crippen LogP contribution in [0.4, 0.5) is 8.78 Å². The predicted octanol–water partition coefficient (Wildman–Crippen LogP) is 3.17. The summed E-state index contributed by atoms with van der Waals surface area (Å²) in [5.74, 6) is -2.59. The molecule has 0 atom stereocenters. The van der Waals surface area contributed by atoms with Gasteiger partial charge in [0.25, 0.3) is 0 Å². The SMILES string of the molecule is Cc1ccc(F)c(C2(C(=O)O)CCCC2)c1F. The van der Waals surface area contributed by atoms with Crippen molar-refractivity contribution in [1.29, 1.82) is 0 Å². The second kappa shape index (κ2) is 4.09. The molecule has 0 bridgehead atoms. The highest BCUT2D eigenvalue weighted by atomic mass is 19.1. The van der Waals surface area contributed by atoms with Crippen LogP contribution in [0.25, 0.3) is 0 Å². The summed E-state index contributed by atoms with van der Waals surface area (Å²) in [4.78, 5) is 11.4. The van der Waals surface area contributed by atoms with Crippen LogP contribution in [0.15, 0.2) is 12.1 Å². The van der Waals surface area contributed by atoms with Gasteiger partial charge in [-0.25, -0.2) is 8.78 Å². The second-order valence-corrected chi connectivity index (χ2v) is 4.65. The fraction of sp³-hybridized carbons (Fsp3) is 0.462. The molecule has 2 rings (SSSR count). The summed E-state index contributed by atoms with van der Waals surface area (Å²) in [5.41, 5.74) is -1.35. The van der Waals surface area contributed by atoms with E-state index < -0.39 is 23.0 Å². The van der Waals surface area contributed by atoms with Crippen LogP contribution in [0.1, 0.15) is 36.8 Å². The van der Waals surface area contributed by atoms with Crippen LogP contribution in [0.3, 0.4) is 0 Å². The lowest BCUT2D eigenvalue weighted by Crippen LogP contribution is -2.35. The van der Waals surface area contributed by atoms with E-state index in [0.29, 0.717) is 25.7 Å². The maximum Gasteiger partial charge on any atom is 0.314 e. The van der Waals surface area contributed by atoms with E-state index in [-0.39, 0.29) is 11.1 Å². The Labute approximate surface area is 98.3 Å². The van der Waals surface area contributed by atoms with Crippen LogP contribution < -0.4 is 0 Å². The zero-order valence-electron chi connectivity index (χ0n) is 9.59. The van der Waals surface area contributed by atoms with Crippen molar-refractivity contribution in [1.82, 2.24) is 0 Å². The van der Waals surface area contributed by atoms with Crippen molar-refractivity contribution >= 4 is 5.97 Å². The first kappa shape index (κ1) is 12.0. The summed E-state index contributed by atoms with van der Waals surface area (Å²) in [6.07, 6.45) is 2.00. The third-order valence-electron chi connectivity index (χ3n) is 3.63. The number of halogens is 2. The second-order valence-electron chi connectivity index (χ2n) is 4.65. The summed E-state index contributed by atoms with van der Waals surface area (Å²) in [6, 6.07) is 2.48. The van der Waals surface area contributed by atoms with Crippen LogP contribution >= 0.6 is 0 Å². The number of carboxylic acid groups (broad SMARTS) is 1. The third-order valence-corrected chi connectivity index (χ3v) is 3.63. The Bertz CT molecular complexity index is 463. The van der Waals surface area contributed by atoms with Crippen molar-refractivity contribution in [3.8, 4) is 0 Å². The molecule has 0 heterocycles. The van der Waals surface area contributed by atoms with E-state index in [9.17, 15) is 18.7 Å². The molecule has 0 saturated heterocycles. The van der Waals surface area contributed by atoms with Crippen molar-refractivity contribution in [2.75, 3.05) is 0 Å². The molecule has 1 N–H and O–H groups in total. The Hall–Kier alpha value is -1.45. The van der Waals surface area contributed by atoms with Gasteiger partial charge in [-0.1, -0.05) is 18.9 Å². The normalized spacial score (nSPS) is 18.3. The smallest absolute Gasteiger partial charge is 0.314 e. The lowest BCUT2D eigenvalue weighted by atomic mass is 9.77. The molecule has 0 aliphatic heterocycles. The van der Waals surface area contributed by atoms with Crippen LogP contribution in [0, 0.1) is 18.6 Å². The fourth-order valence-corrected chi connectivity index (χ4v) is 2.64. The zero-order chi connectivity index (χ0) is 12.6. The van der Waals surface area contributed by atoms with Crippen LogP contribution in [0.5, 0.6) is 0 Å². The molecule has 0 amide bonds. The molecular formula is C13H14F2O2. The van der Waals surface area contributed by atoms with E-state index in [1.165, 1.54) is 13.0 Å². The van der Waals surface area contributed by atoms with E-state index >= 15 is 0 Å². The number of hydrogen-bond acceptors (Lipinski definition) is 1. The fourth-order valence-electron chi connectivity index (χ4n) is 2.64. The van der Waals surface area contributed by atoms with E-state index in [1.54, 1.807) is 0 Å². The molecule has 1 fully saturated rings. The van der Waals surface area contributed by atoms with E-state index in [2.05, 4.69) is 0 Å². The summed E-state index contributed by atoms with van der Waals surface area (Å²) >= 11 is 0. The average molecular weight is 240 g/mol. The molecule has 1 aromatic carbocycles. The lowest BCUT2D eigenvalue weighted by molar-refractivity contribution is -0.143. The topological polar surface area (TPSA) is 37.3 Å². The minimum Gasteiger partial charge on any atom is -0.481 e. The maximum absolute atomic E-state index is 14.0. The molecule has 1 aromatic rings. The number of carbonyl (C=O) groups is 1. The Morgan fingerprint density at radius 2 is 1.88 bits per heavy atom. The van der Waals surface area contributed by atoms with Crippen molar-refractivity contribution < 1.29 is 18.7 Å². The Morgan fingerprint density at radius 1 is 1.29 bits per heavy atom. The maximum atomic E-state index is 14.0. The summed E-state index contributed by atoms with van der Waals surface area (Å²) in [5, 5.41) is 9.32. The molecule has 17 heavy (non-hydrogen) atoms. The standard InChI is InChI=1S/C13H14F2O2/c1-8-4-5-9(14)10(11(8)15)13(12(16)17)6-2-3-7-13/h4-5H,2-3,6-7H2,1H3,(H,16,17). The summed E-state index contributed by atoms with van der Waals surface area (Å²) < 4.78 is 27.8.